The maximum atomic E-state index is 12.1. The van der Waals surface area contributed by atoms with E-state index >= 15 is 0 Å². The first kappa shape index (κ1) is 14.8. The zero-order chi connectivity index (χ0) is 14.9. The molecule has 1 aromatic rings. The van der Waals surface area contributed by atoms with Crippen LogP contribution in [0.25, 0.3) is 0 Å². The van der Waals surface area contributed by atoms with Gasteiger partial charge in [-0.2, -0.15) is 0 Å². The van der Waals surface area contributed by atoms with Crippen molar-refractivity contribution in [2.24, 2.45) is 0 Å². The summed E-state index contributed by atoms with van der Waals surface area (Å²) in [4.78, 5) is 36.8. The van der Waals surface area contributed by atoms with Gasteiger partial charge in [0.15, 0.2) is 0 Å². The summed E-state index contributed by atoms with van der Waals surface area (Å²) in [7, 11) is 1.51. The maximum Gasteiger partial charge on any atom is 0.327 e. The second kappa shape index (κ2) is 5.78. The van der Waals surface area contributed by atoms with Crippen LogP contribution >= 0.6 is 22.6 Å². The number of benzene rings is 1. The van der Waals surface area contributed by atoms with E-state index in [0.29, 0.717) is 6.42 Å². The second-order valence-electron chi connectivity index (χ2n) is 4.56. The molecule has 0 aromatic heterocycles. The molecule has 20 heavy (non-hydrogen) atoms. The van der Waals surface area contributed by atoms with Gasteiger partial charge in [-0.15, -0.1) is 0 Å². The van der Waals surface area contributed by atoms with Crippen molar-refractivity contribution in [3.8, 4) is 0 Å². The standard InChI is InChI=1S/C13H13IN2O4/c1-15-10(6-8-2-4-9(14)5-3-8)12(19)16(13(15)20)7-11(17)18/h2-5,10H,6-7H2,1H3,(H,17,18)/t10-/m0/s1. The van der Waals surface area contributed by atoms with Crippen LogP contribution in [0.15, 0.2) is 24.3 Å². The van der Waals surface area contributed by atoms with E-state index in [-0.39, 0.29) is 0 Å². The van der Waals surface area contributed by atoms with Crippen molar-refractivity contribution in [3.63, 3.8) is 0 Å². The van der Waals surface area contributed by atoms with Gasteiger partial charge in [-0.25, -0.2) is 4.79 Å². The summed E-state index contributed by atoms with van der Waals surface area (Å²) in [5, 5.41) is 8.74. The van der Waals surface area contributed by atoms with E-state index in [0.717, 1.165) is 14.0 Å². The first-order valence-corrected chi connectivity index (χ1v) is 7.02. The third-order valence-electron chi connectivity index (χ3n) is 3.19. The van der Waals surface area contributed by atoms with Gasteiger partial charge < -0.3 is 10.0 Å². The van der Waals surface area contributed by atoms with Gasteiger partial charge in [0, 0.05) is 17.0 Å². The number of carboxylic acid groups (broad SMARTS) is 1. The van der Waals surface area contributed by atoms with Crippen molar-refractivity contribution < 1.29 is 19.5 Å². The number of rotatable bonds is 4. The fourth-order valence-corrected chi connectivity index (χ4v) is 2.47. The molecule has 1 N–H and O–H groups in total. The maximum absolute atomic E-state index is 12.1. The third-order valence-corrected chi connectivity index (χ3v) is 3.91. The van der Waals surface area contributed by atoms with Crippen LogP contribution in [0.1, 0.15) is 5.56 Å². The minimum atomic E-state index is -1.20. The van der Waals surface area contributed by atoms with Crippen LogP contribution in [0.5, 0.6) is 0 Å². The Hall–Kier alpha value is -1.64. The van der Waals surface area contributed by atoms with Crippen LogP contribution in [0.3, 0.4) is 0 Å². The summed E-state index contributed by atoms with van der Waals surface area (Å²) in [6.07, 6.45) is 0.383. The molecule has 0 spiro atoms. The molecule has 7 heteroatoms. The predicted molar refractivity (Wildman–Crippen MR) is 79.2 cm³/mol. The highest BCUT2D eigenvalue weighted by Crippen LogP contribution is 2.20. The Morgan fingerprint density at radius 3 is 2.45 bits per heavy atom. The van der Waals surface area contributed by atoms with Crippen molar-refractivity contribution in [3.05, 3.63) is 33.4 Å². The van der Waals surface area contributed by atoms with Gasteiger partial charge in [0.05, 0.1) is 0 Å². The molecule has 1 fully saturated rings. The lowest BCUT2D eigenvalue weighted by atomic mass is 10.1. The van der Waals surface area contributed by atoms with E-state index in [1.807, 2.05) is 24.3 Å². The Labute approximate surface area is 129 Å². The molecule has 0 aliphatic carbocycles. The number of amides is 3. The van der Waals surface area contributed by atoms with Crippen molar-refractivity contribution >= 4 is 40.5 Å². The zero-order valence-electron chi connectivity index (χ0n) is 10.7. The van der Waals surface area contributed by atoms with E-state index in [2.05, 4.69) is 22.6 Å². The first-order valence-electron chi connectivity index (χ1n) is 5.94. The van der Waals surface area contributed by atoms with Gasteiger partial charge >= 0.3 is 12.0 Å². The Kier molecular flexibility index (Phi) is 4.26. The summed E-state index contributed by atoms with van der Waals surface area (Å²) in [5.74, 6) is -1.66. The van der Waals surface area contributed by atoms with E-state index < -0.39 is 30.5 Å². The predicted octanol–water partition coefficient (Wildman–Crippen LogP) is 1.18. The molecule has 0 saturated carbocycles. The Morgan fingerprint density at radius 2 is 1.90 bits per heavy atom. The zero-order valence-corrected chi connectivity index (χ0v) is 12.9. The largest absolute Gasteiger partial charge is 0.480 e. The molecule has 6 nitrogen and oxygen atoms in total. The molecule has 0 unspecified atom stereocenters. The Morgan fingerprint density at radius 1 is 1.30 bits per heavy atom. The summed E-state index contributed by atoms with van der Waals surface area (Å²) in [6, 6.07) is 6.44. The first-order chi connectivity index (χ1) is 9.40. The molecular formula is C13H13IN2O4. The Bertz CT molecular complexity index is 558. The fourth-order valence-electron chi connectivity index (χ4n) is 2.11. The molecule has 1 heterocycles. The minimum absolute atomic E-state index is 0.383. The van der Waals surface area contributed by atoms with E-state index in [9.17, 15) is 14.4 Å². The van der Waals surface area contributed by atoms with Gasteiger partial charge in [0.2, 0.25) is 0 Å². The number of halogens is 1. The number of likely N-dealkylation sites (N-methyl/N-ethyl adjacent to an activating group) is 1. The summed E-state index contributed by atoms with van der Waals surface area (Å²) in [5.41, 5.74) is 0.931. The SMILES string of the molecule is CN1C(=O)N(CC(=O)O)C(=O)[C@@H]1Cc1ccc(I)cc1. The summed E-state index contributed by atoms with van der Waals surface area (Å²) >= 11 is 2.18. The molecule has 1 aliphatic heterocycles. The van der Waals surface area contributed by atoms with Crippen LogP contribution in [-0.4, -0.2) is 52.4 Å². The van der Waals surface area contributed by atoms with Crippen molar-refractivity contribution in [1.29, 1.82) is 0 Å². The number of hydrogen-bond acceptors (Lipinski definition) is 3. The lowest BCUT2D eigenvalue weighted by Gasteiger charge is -2.15. The number of nitrogens with zero attached hydrogens (tertiary/aromatic N) is 2. The molecule has 2 rings (SSSR count). The van der Waals surface area contributed by atoms with Gasteiger partial charge in [0.1, 0.15) is 12.6 Å². The van der Waals surface area contributed by atoms with Gasteiger partial charge in [-0.3, -0.25) is 14.5 Å². The Balaban J connectivity index is 2.16. The second-order valence-corrected chi connectivity index (χ2v) is 5.80. The lowest BCUT2D eigenvalue weighted by Crippen LogP contribution is -2.36. The molecule has 0 bridgehead atoms. The van der Waals surface area contributed by atoms with Crippen LogP contribution in [0.2, 0.25) is 0 Å². The van der Waals surface area contributed by atoms with E-state index in [1.165, 1.54) is 11.9 Å². The number of imide groups is 1. The highest BCUT2D eigenvalue weighted by molar-refractivity contribution is 14.1. The monoisotopic (exact) mass is 388 g/mol. The van der Waals surface area contributed by atoms with Gasteiger partial charge in [-0.1, -0.05) is 12.1 Å². The van der Waals surface area contributed by atoms with E-state index in [4.69, 9.17) is 5.11 Å². The van der Waals surface area contributed by atoms with Crippen molar-refractivity contribution in [2.45, 2.75) is 12.5 Å². The van der Waals surface area contributed by atoms with Crippen molar-refractivity contribution in [1.82, 2.24) is 9.80 Å². The average Bonchev–Trinajstić information content (AvgIpc) is 2.58. The molecule has 1 saturated heterocycles. The number of urea groups is 1. The molecule has 3 amide bonds. The van der Waals surface area contributed by atoms with Crippen LogP contribution in [-0.2, 0) is 16.0 Å². The third kappa shape index (κ3) is 2.92. The quantitative estimate of drug-likeness (QED) is 0.621. The summed E-state index contributed by atoms with van der Waals surface area (Å²) in [6.45, 7) is -0.592. The topological polar surface area (TPSA) is 77.9 Å². The highest BCUT2D eigenvalue weighted by atomic mass is 127. The number of carbonyl (C=O) groups excluding carboxylic acids is 2. The minimum Gasteiger partial charge on any atom is -0.480 e. The van der Waals surface area contributed by atoms with Gasteiger partial charge in [-0.05, 0) is 40.3 Å². The van der Waals surface area contributed by atoms with Crippen molar-refractivity contribution in [2.75, 3.05) is 13.6 Å². The molecule has 106 valence electrons. The van der Waals surface area contributed by atoms with Crippen LogP contribution in [0, 0.1) is 3.57 Å². The number of aliphatic carboxylic acids is 1. The highest BCUT2D eigenvalue weighted by Gasteiger charge is 2.43. The average molecular weight is 388 g/mol. The molecule has 1 aliphatic rings. The molecule has 1 atom stereocenters. The van der Waals surface area contributed by atoms with Crippen LogP contribution < -0.4 is 0 Å². The summed E-state index contributed by atoms with van der Waals surface area (Å²) < 4.78 is 1.08. The smallest absolute Gasteiger partial charge is 0.327 e. The number of hydrogen-bond donors (Lipinski definition) is 1. The van der Waals surface area contributed by atoms with E-state index in [1.54, 1.807) is 0 Å². The number of carbonyl (C=O) groups is 3. The van der Waals surface area contributed by atoms with Crippen LogP contribution in [0.4, 0.5) is 4.79 Å². The number of carboxylic acids is 1. The molecule has 0 radical (unpaired) electrons. The normalized spacial score (nSPS) is 18.8. The van der Waals surface area contributed by atoms with Gasteiger partial charge in [0.25, 0.3) is 5.91 Å². The fraction of sp³-hybridized carbons (Fsp3) is 0.308. The lowest BCUT2D eigenvalue weighted by molar-refractivity contribution is -0.141. The molecular weight excluding hydrogens is 375 g/mol. The molecule has 1 aromatic carbocycles.